The summed E-state index contributed by atoms with van der Waals surface area (Å²) in [6, 6.07) is 7.70. The third kappa shape index (κ3) is 4.38. The van der Waals surface area contributed by atoms with E-state index >= 15 is 0 Å². The van der Waals surface area contributed by atoms with Gasteiger partial charge in [-0.25, -0.2) is 8.42 Å². The average Bonchev–Trinajstić information content (AvgIpc) is 3.23. The van der Waals surface area contributed by atoms with Crippen molar-refractivity contribution in [3.05, 3.63) is 24.3 Å². The fourth-order valence-electron chi connectivity index (χ4n) is 3.30. The summed E-state index contributed by atoms with van der Waals surface area (Å²) in [5.74, 6) is 1.88. The maximum absolute atomic E-state index is 11.6. The Morgan fingerprint density at radius 3 is 2.57 bits per heavy atom. The quantitative estimate of drug-likeness (QED) is 0.760. The van der Waals surface area contributed by atoms with Gasteiger partial charge in [0.25, 0.3) is 0 Å². The van der Waals surface area contributed by atoms with Gasteiger partial charge >= 0.3 is 0 Å². The summed E-state index contributed by atoms with van der Waals surface area (Å²) in [7, 11) is -2.93. The molecule has 0 spiro atoms. The van der Waals surface area contributed by atoms with Gasteiger partial charge in [-0.2, -0.15) is 0 Å². The Labute approximate surface area is 138 Å². The second-order valence-electron chi connectivity index (χ2n) is 6.90. The summed E-state index contributed by atoms with van der Waals surface area (Å²) in [6.45, 7) is 5.10. The minimum Gasteiger partial charge on any atom is -0.486 e. The second kappa shape index (κ2) is 6.32. The molecule has 1 atom stereocenters. The standard InChI is InChI=1S/C17H25NO4S/c1-3-18(12-17(8-9-17)13-23(2,19)20)10-14-11-21-15-6-4-5-7-16(15)22-14/h4-7,14H,3,8-13H2,1-2H3/t14-/m0/s1. The summed E-state index contributed by atoms with van der Waals surface area (Å²) in [6.07, 6.45) is 3.32. The molecule has 0 aromatic heterocycles. The first-order chi connectivity index (χ1) is 10.9. The van der Waals surface area contributed by atoms with Gasteiger partial charge in [-0.05, 0) is 36.9 Å². The van der Waals surface area contributed by atoms with E-state index in [0.29, 0.717) is 12.4 Å². The van der Waals surface area contributed by atoms with Crippen LogP contribution in [0.2, 0.25) is 0 Å². The lowest BCUT2D eigenvalue weighted by molar-refractivity contribution is 0.0552. The van der Waals surface area contributed by atoms with Crippen LogP contribution >= 0.6 is 0 Å². The van der Waals surface area contributed by atoms with Crippen molar-refractivity contribution < 1.29 is 17.9 Å². The van der Waals surface area contributed by atoms with Crippen LogP contribution in [0.25, 0.3) is 0 Å². The van der Waals surface area contributed by atoms with E-state index in [0.717, 1.165) is 44.0 Å². The van der Waals surface area contributed by atoms with E-state index in [1.807, 2.05) is 24.3 Å². The van der Waals surface area contributed by atoms with E-state index in [1.54, 1.807) is 0 Å². The lowest BCUT2D eigenvalue weighted by atomic mass is 10.1. The minimum absolute atomic E-state index is 0.0149. The number of para-hydroxylation sites is 2. The summed E-state index contributed by atoms with van der Waals surface area (Å²) >= 11 is 0. The fourth-order valence-corrected chi connectivity index (χ4v) is 4.79. The zero-order valence-corrected chi connectivity index (χ0v) is 14.6. The first kappa shape index (κ1) is 16.6. The van der Waals surface area contributed by atoms with Crippen LogP contribution in [0.15, 0.2) is 24.3 Å². The van der Waals surface area contributed by atoms with Crippen LogP contribution < -0.4 is 9.47 Å². The number of rotatable bonds is 7. The Bertz CT molecular complexity index is 654. The Morgan fingerprint density at radius 1 is 1.26 bits per heavy atom. The molecule has 5 nitrogen and oxygen atoms in total. The second-order valence-corrected chi connectivity index (χ2v) is 9.04. The van der Waals surface area contributed by atoms with Crippen molar-refractivity contribution in [1.29, 1.82) is 0 Å². The van der Waals surface area contributed by atoms with Gasteiger partial charge in [-0.15, -0.1) is 0 Å². The van der Waals surface area contributed by atoms with Crippen molar-refractivity contribution in [2.45, 2.75) is 25.9 Å². The Hall–Kier alpha value is -1.27. The zero-order valence-electron chi connectivity index (χ0n) is 13.8. The molecule has 3 rings (SSSR count). The Balaban J connectivity index is 1.58. The monoisotopic (exact) mass is 339 g/mol. The molecule has 1 saturated carbocycles. The molecule has 0 N–H and O–H groups in total. The molecule has 1 aliphatic carbocycles. The summed E-state index contributed by atoms with van der Waals surface area (Å²) in [5.41, 5.74) is -0.0446. The van der Waals surface area contributed by atoms with Gasteiger partial charge in [-0.3, -0.25) is 4.90 Å². The number of hydrogen-bond donors (Lipinski definition) is 0. The molecule has 0 amide bonds. The van der Waals surface area contributed by atoms with Crippen molar-refractivity contribution in [3.63, 3.8) is 0 Å². The van der Waals surface area contributed by atoms with Crippen molar-refractivity contribution in [1.82, 2.24) is 4.90 Å². The van der Waals surface area contributed by atoms with E-state index in [9.17, 15) is 8.42 Å². The Morgan fingerprint density at radius 2 is 1.96 bits per heavy atom. The zero-order chi connectivity index (χ0) is 16.5. The number of likely N-dealkylation sites (N-methyl/N-ethyl adjacent to an activating group) is 1. The molecule has 2 aliphatic rings. The van der Waals surface area contributed by atoms with E-state index in [1.165, 1.54) is 6.26 Å². The van der Waals surface area contributed by atoms with Crippen molar-refractivity contribution in [3.8, 4) is 11.5 Å². The first-order valence-electron chi connectivity index (χ1n) is 8.18. The highest BCUT2D eigenvalue weighted by molar-refractivity contribution is 7.90. The maximum atomic E-state index is 11.6. The largest absolute Gasteiger partial charge is 0.486 e. The van der Waals surface area contributed by atoms with Crippen LogP contribution in [0.4, 0.5) is 0 Å². The van der Waals surface area contributed by atoms with Crippen molar-refractivity contribution in [2.24, 2.45) is 5.41 Å². The number of hydrogen-bond acceptors (Lipinski definition) is 5. The van der Waals surface area contributed by atoms with Gasteiger partial charge in [0.2, 0.25) is 0 Å². The molecule has 1 heterocycles. The highest BCUT2D eigenvalue weighted by atomic mass is 32.2. The molecule has 23 heavy (non-hydrogen) atoms. The maximum Gasteiger partial charge on any atom is 0.161 e. The number of sulfone groups is 1. The molecule has 1 fully saturated rings. The number of fused-ring (bicyclic) bond motifs is 1. The third-order valence-corrected chi connectivity index (χ3v) is 5.70. The summed E-state index contributed by atoms with van der Waals surface area (Å²) in [5, 5.41) is 0. The van der Waals surface area contributed by atoms with Gasteiger partial charge in [0.05, 0.1) is 5.75 Å². The van der Waals surface area contributed by atoms with Crippen molar-refractivity contribution in [2.75, 3.05) is 38.2 Å². The summed E-state index contributed by atoms with van der Waals surface area (Å²) in [4.78, 5) is 2.29. The number of ether oxygens (including phenoxy) is 2. The van der Waals surface area contributed by atoms with Gasteiger partial charge in [-0.1, -0.05) is 19.1 Å². The molecule has 0 saturated heterocycles. The van der Waals surface area contributed by atoms with Gasteiger partial charge in [0.1, 0.15) is 22.5 Å². The summed E-state index contributed by atoms with van der Waals surface area (Å²) < 4.78 is 35.0. The molecular formula is C17H25NO4S. The van der Waals surface area contributed by atoms with Gasteiger partial charge < -0.3 is 9.47 Å². The molecule has 0 radical (unpaired) electrons. The van der Waals surface area contributed by atoms with Crippen LogP contribution in [-0.4, -0.2) is 57.7 Å². The van der Waals surface area contributed by atoms with Gasteiger partial charge in [0, 0.05) is 19.3 Å². The van der Waals surface area contributed by atoms with Crippen LogP contribution in [0.5, 0.6) is 11.5 Å². The molecule has 1 aromatic rings. The molecule has 6 heteroatoms. The van der Waals surface area contributed by atoms with E-state index in [4.69, 9.17) is 9.47 Å². The lowest BCUT2D eigenvalue weighted by Gasteiger charge is -2.32. The number of benzene rings is 1. The fraction of sp³-hybridized carbons (Fsp3) is 0.647. The van der Waals surface area contributed by atoms with E-state index in [2.05, 4.69) is 11.8 Å². The third-order valence-electron chi connectivity index (χ3n) is 4.56. The molecule has 1 aromatic carbocycles. The van der Waals surface area contributed by atoms with Gasteiger partial charge in [0.15, 0.2) is 11.5 Å². The SMILES string of the molecule is CCN(C[C@H]1COc2ccccc2O1)CC1(CS(C)(=O)=O)CC1. The average molecular weight is 339 g/mol. The highest BCUT2D eigenvalue weighted by Crippen LogP contribution is 2.47. The molecule has 1 aliphatic heterocycles. The number of nitrogens with zero attached hydrogens (tertiary/aromatic N) is 1. The smallest absolute Gasteiger partial charge is 0.161 e. The molecule has 0 unspecified atom stereocenters. The predicted molar refractivity (Wildman–Crippen MR) is 89.8 cm³/mol. The van der Waals surface area contributed by atoms with E-state index < -0.39 is 9.84 Å². The lowest BCUT2D eigenvalue weighted by Crippen LogP contribution is -2.43. The molecular weight excluding hydrogens is 314 g/mol. The predicted octanol–water partition coefficient (Wildman–Crippen LogP) is 1.97. The highest BCUT2D eigenvalue weighted by Gasteiger charge is 2.46. The van der Waals surface area contributed by atoms with Crippen LogP contribution in [0.1, 0.15) is 19.8 Å². The first-order valence-corrected chi connectivity index (χ1v) is 10.2. The van der Waals surface area contributed by atoms with E-state index in [-0.39, 0.29) is 11.5 Å². The topological polar surface area (TPSA) is 55.8 Å². The molecule has 0 bridgehead atoms. The Kier molecular flexibility index (Phi) is 4.56. The van der Waals surface area contributed by atoms with Crippen molar-refractivity contribution >= 4 is 9.84 Å². The van der Waals surface area contributed by atoms with Crippen LogP contribution in [-0.2, 0) is 9.84 Å². The normalized spacial score (nSPS) is 22.1. The molecule has 128 valence electrons. The minimum atomic E-state index is -2.93. The van der Waals surface area contributed by atoms with Crippen LogP contribution in [0, 0.1) is 5.41 Å². The van der Waals surface area contributed by atoms with Crippen LogP contribution in [0.3, 0.4) is 0 Å².